The predicted molar refractivity (Wildman–Crippen MR) is 117 cm³/mol. The molecule has 8 nitrogen and oxygen atoms in total. The van der Waals surface area contributed by atoms with Gasteiger partial charge in [0.2, 0.25) is 10.0 Å². The van der Waals surface area contributed by atoms with Gasteiger partial charge in [-0.3, -0.25) is 4.79 Å². The highest BCUT2D eigenvalue weighted by Gasteiger charge is 2.26. The average Bonchev–Trinajstić information content (AvgIpc) is 2.93. The number of carbonyl (C=O) groups is 2. The second-order valence-corrected chi connectivity index (χ2v) is 10.1. The summed E-state index contributed by atoms with van der Waals surface area (Å²) in [4.78, 5) is 24.9. The van der Waals surface area contributed by atoms with Crippen LogP contribution in [0.15, 0.2) is 29.2 Å². The molecule has 0 unspecified atom stereocenters. The lowest BCUT2D eigenvalue weighted by atomic mass is 10.1. The van der Waals surface area contributed by atoms with E-state index in [9.17, 15) is 23.3 Å². The van der Waals surface area contributed by atoms with Gasteiger partial charge in [0.05, 0.1) is 17.6 Å². The molecule has 10 heteroatoms. The minimum Gasteiger partial charge on any atom is -0.465 e. The number of esters is 1. The SMILES string of the molecule is COC(=O)c1sc(NC(=O)c2ccc(S(=O)(=O)N3CCCCCC3)cc2)c(C#N)c1C. The van der Waals surface area contributed by atoms with Crippen molar-refractivity contribution in [2.24, 2.45) is 0 Å². The van der Waals surface area contributed by atoms with Crippen LogP contribution in [0.2, 0.25) is 0 Å². The van der Waals surface area contributed by atoms with Crippen LogP contribution in [-0.2, 0) is 14.8 Å². The summed E-state index contributed by atoms with van der Waals surface area (Å²) >= 11 is 0.963. The number of benzene rings is 1. The monoisotopic (exact) mass is 461 g/mol. The van der Waals surface area contributed by atoms with Crippen molar-refractivity contribution >= 4 is 38.2 Å². The highest BCUT2D eigenvalue weighted by Crippen LogP contribution is 2.33. The molecule has 1 aliphatic rings. The molecule has 3 rings (SSSR count). The van der Waals surface area contributed by atoms with Gasteiger partial charge in [0.1, 0.15) is 15.9 Å². The molecular weight excluding hydrogens is 438 g/mol. The van der Waals surface area contributed by atoms with E-state index in [1.165, 1.54) is 35.7 Å². The van der Waals surface area contributed by atoms with Crippen molar-refractivity contribution in [2.45, 2.75) is 37.5 Å². The van der Waals surface area contributed by atoms with Gasteiger partial charge < -0.3 is 10.1 Å². The van der Waals surface area contributed by atoms with Gasteiger partial charge in [0.25, 0.3) is 5.91 Å². The molecule has 31 heavy (non-hydrogen) atoms. The summed E-state index contributed by atoms with van der Waals surface area (Å²) < 4.78 is 32.0. The lowest BCUT2D eigenvalue weighted by Crippen LogP contribution is -2.31. The van der Waals surface area contributed by atoms with E-state index < -0.39 is 21.9 Å². The zero-order valence-corrected chi connectivity index (χ0v) is 18.9. The first-order valence-corrected chi connectivity index (χ1v) is 12.1. The Morgan fingerprint density at radius 3 is 2.29 bits per heavy atom. The van der Waals surface area contributed by atoms with Crippen LogP contribution in [-0.4, -0.2) is 44.8 Å². The number of nitrogens with one attached hydrogen (secondary N) is 1. The molecule has 1 aliphatic heterocycles. The lowest BCUT2D eigenvalue weighted by Gasteiger charge is -2.20. The number of anilines is 1. The number of nitrogens with zero attached hydrogens (tertiary/aromatic N) is 2. The maximum Gasteiger partial charge on any atom is 0.348 e. The van der Waals surface area contributed by atoms with E-state index in [2.05, 4.69) is 5.32 Å². The number of rotatable bonds is 5. The zero-order valence-electron chi connectivity index (χ0n) is 17.3. The number of carbonyl (C=O) groups excluding carboxylic acids is 2. The molecule has 0 saturated carbocycles. The molecule has 2 aromatic rings. The number of hydrogen-bond donors (Lipinski definition) is 1. The standard InChI is InChI=1S/C21H23N3O5S2/c1-14-17(13-22)20(30-18(14)21(26)29-2)23-19(25)15-7-9-16(10-8-15)31(27,28)24-11-5-3-4-6-12-24/h7-10H,3-6,11-12H2,1-2H3,(H,23,25). The van der Waals surface area contributed by atoms with E-state index in [0.717, 1.165) is 37.0 Å². The first-order chi connectivity index (χ1) is 14.8. The first-order valence-electron chi connectivity index (χ1n) is 9.83. The minimum absolute atomic E-state index is 0.142. The van der Waals surface area contributed by atoms with Crippen molar-refractivity contribution in [2.75, 3.05) is 25.5 Å². The Kier molecular flexibility index (Phi) is 7.10. The molecule has 1 N–H and O–H groups in total. The summed E-state index contributed by atoms with van der Waals surface area (Å²) in [6.45, 7) is 2.61. The smallest absolute Gasteiger partial charge is 0.348 e. The van der Waals surface area contributed by atoms with Crippen LogP contribution >= 0.6 is 11.3 Å². The molecule has 0 aliphatic carbocycles. The van der Waals surface area contributed by atoms with Crippen molar-refractivity contribution < 1.29 is 22.7 Å². The number of hydrogen-bond acceptors (Lipinski definition) is 7. The summed E-state index contributed by atoms with van der Waals surface area (Å²) in [6.07, 6.45) is 3.73. The molecule has 0 spiro atoms. The van der Waals surface area contributed by atoms with Crippen LogP contribution in [0.4, 0.5) is 5.00 Å². The third-order valence-corrected chi connectivity index (χ3v) is 8.28. The van der Waals surface area contributed by atoms with Gasteiger partial charge in [-0.25, -0.2) is 13.2 Å². The number of thiophene rings is 1. The molecule has 0 atom stereocenters. The normalized spacial score (nSPS) is 15.0. The molecule has 1 aromatic carbocycles. The molecule has 1 fully saturated rings. The Morgan fingerprint density at radius 2 is 1.74 bits per heavy atom. The van der Waals surface area contributed by atoms with Gasteiger partial charge in [-0.2, -0.15) is 9.57 Å². The molecule has 0 radical (unpaired) electrons. The van der Waals surface area contributed by atoms with Crippen molar-refractivity contribution in [1.29, 1.82) is 5.26 Å². The average molecular weight is 462 g/mol. The summed E-state index contributed by atoms with van der Waals surface area (Å²) in [5.41, 5.74) is 0.872. The zero-order chi connectivity index (χ0) is 22.6. The van der Waals surface area contributed by atoms with Crippen LogP contribution < -0.4 is 5.32 Å². The second-order valence-electron chi connectivity index (χ2n) is 7.16. The van der Waals surface area contributed by atoms with Gasteiger partial charge in [-0.15, -0.1) is 11.3 Å². The van der Waals surface area contributed by atoms with Crippen LogP contribution in [0.5, 0.6) is 0 Å². The highest BCUT2D eigenvalue weighted by atomic mass is 32.2. The molecule has 164 valence electrons. The lowest BCUT2D eigenvalue weighted by molar-refractivity contribution is 0.0605. The molecule has 1 aromatic heterocycles. The van der Waals surface area contributed by atoms with Gasteiger partial charge >= 0.3 is 5.97 Å². The molecule has 1 amide bonds. The number of nitriles is 1. The first kappa shape index (κ1) is 22.9. The van der Waals surface area contributed by atoms with Gasteiger partial charge in [-0.1, -0.05) is 12.8 Å². The number of methoxy groups -OCH3 is 1. The van der Waals surface area contributed by atoms with Crippen molar-refractivity contribution in [1.82, 2.24) is 4.31 Å². The third-order valence-electron chi connectivity index (χ3n) is 5.18. The fraction of sp³-hybridized carbons (Fsp3) is 0.381. The molecule has 0 bridgehead atoms. The van der Waals surface area contributed by atoms with E-state index in [1.807, 2.05) is 6.07 Å². The van der Waals surface area contributed by atoms with E-state index in [0.29, 0.717) is 18.7 Å². The van der Waals surface area contributed by atoms with Crippen LogP contribution in [0.1, 0.15) is 56.8 Å². The van der Waals surface area contributed by atoms with Gasteiger partial charge in [-0.05, 0) is 49.6 Å². The Hall–Kier alpha value is -2.74. The minimum atomic E-state index is -3.60. The molecular formula is C21H23N3O5S2. The summed E-state index contributed by atoms with van der Waals surface area (Å²) in [7, 11) is -2.36. The quantitative estimate of drug-likeness (QED) is 0.681. The summed E-state index contributed by atoms with van der Waals surface area (Å²) in [5, 5.41) is 12.3. The third kappa shape index (κ3) is 4.79. The maximum atomic E-state index is 12.9. The molecule has 2 heterocycles. The van der Waals surface area contributed by atoms with Gasteiger partial charge in [0.15, 0.2) is 0 Å². The van der Waals surface area contributed by atoms with Crippen molar-refractivity contribution in [3.8, 4) is 6.07 Å². The Morgan fingerprint density at radius 1 is 1.13 bits per heavy atom. The predicted octanol–water partition coefficient (Wildman–Crippen LogP) is 3.53. The van der Waals surface area contributed by atoms with Gasteiger partial charge in [0, 0.05) is 18.7 Å². The summed E-state index contributed by atoms with van der Waals surface area (Å²) in [6, 6.07) is 7.70. The van der Waals surface area contributed by atoms with Crippen LogP contribution in [0.25, 0.3) is 0 Å². The Labute approximate surface area is 185 Å². The molecule has 1 saturated heterocycles. The van der Waals surface area contributed by atoms with Crippen LogP contribution in [0.3, 0.4) is 0 Å². The van der Waals surface area contributed by atoms with Crippen molar-refractivity contribution in [3.05, 3.63) is 45.8 Å². The fourth-order valence-corrected chi connectivity index (χ4v) is 6.00. The largest absolute Gasteiger partial charge is 0.465 e. The topological polar surface area (TPSA) is 117 Å². The maximum absolute atomic E-state index is 12.9. The van der Waals surface area contributed by atoms with E-state index in [1.54, 1.807) is 6.92 Å². The van der Waals surface area contributed by atoms with E-state index in [-0.39, 0.29) is 25.9 Å². The van der Waals surface area contributed by atoms with Crippen LogP contribution in [0, 0.1) is 18.3 Å². The van der Waals surface area contributed by atoms with Crippen molar-refractivity contribution in [3.63, 3.8) is 0 Å². The van der Waals surface area contributed by atoms with E-state index >= 15 is 0 Å². The highest BCUT2D eigenvalue weighted by molar-refractivity contribution is 7.89. The van der Waals surface area contributed by atoms with E-state index in [4.69, 9.17) is 4.74 Å². The Balaban J connectivity index is 1.80. The second kappa shape index (κ2) is 9.60. The Bertz CT molecular complexity index is 1120. The summed E-state index contributed by atoms with van der Waals surface area (Å²) in [5.74, 6) is -1.09. The number of amides is 1. The number of sulfonamides is 1. The number of ether oxygens (including phenoxy) is 1. The fourth-order valence-electron chi connectivity index (χ4n) is 3.41.